The topological polar surface area (TPSA) is 69.7 Å². The molecule has 4 rings (SSSR count). The van der Waals surface area contributed by atoms with Crippen molar-refractivity contribution >= 4 is 35.2 Å². The number of benzene rings is 2. The maximum Gasteiger partial charge on any atom is 0.255 e. The second-order valence-corrected chi connectivity index (χ2v) is 8.54. The quantitative estimate of drug-likeness (QED) is 0.843. The van der Waals surface area contributed by atoms with Gasteiger partial charge in [0.2, 0.25) is 11.8 Å². The van der Waals surface area contributed by atoms with Gasteiger partial charge in [0.25, 0.3) is 5.91 Å². The van der Waals surface area contributed by atoms with Gasteiger partial charge in [0, 0.05) is 23.5 Å². The second kappa shape index (κ2) is 7.91. The molecular formula is C22H23N3O3S. The van der Waals surface area contributed by atoms with E-state index in [9.17, 15) is 14.4 Å². The maximum absolute atomic E-state index is 12.6. The molecule has 2 aromatic rings. The van der Waals surface area contributed by atoms with Gasteiger partial charge < -0.3 is 15.1 Å². The van der Waals surface area contributed by atoms with Gasteiger partial charge in [-0.2, -0.15) is 0 Å². The summed E-state index contributed by atoms with van der Waals surface area (Å²) in [6, 6.07) is 12.7. The average molecular weight is 410 g/mol. The number of anilines is 1. The summed E-state index contributed by atoms with van der Waals surface area (Å²) >= 11 is 1.62. The van der Waals surface area contributed by atoms with Crippen LogP contribution in [0.2, 0.25) is 0 Å². The van der Waals surface area contributed by atoms with Crippen molar-refractivity contribution in [2.75, 3.05) is 23.5 Å². The highest BCUT2D eigenvalue weighted by atomic mass is 32.2. The Morgan fingerprint density at radius 1 is 1.14 bits per heavy atom. The standard InChI is InChI=1S/C22H23N3O3S/c1-14-3-8-18(15(2)9-14)23-21(27)17-6-4-16(5-7-17)10-24-11-20(26)25-13-29-12-19(25)22(24)28/h3-9,19H,10-13H2,1-2H3,(H,23,27). The van der Waals surface area contributed by atoms with Crippen LogP contribution >= 0.6 is 11.8 Å². The molecule has 6 nitrogen and oxygen atoms in total. The molecule has 2 aliphatic rings. The number of nitrogens with zero attached hydrogens (tertiary/aromatic N) is 2. The molecule has 7 heteroatoms. The number of hydrogen-bond donors (Lipinski definition) is 1. The van der Waals surface area contributed by atoms with E-state index in [1.54, 1.807) is 33.7 Å². The summed E-state index contributed by atoms with van der Waals surface area (Å²) in [4.78, 5) is 40.7. The predicted octanol–water partition coefficient (Wildman–Crippen LogP) is 2.80. The van der Waals surface area contributed by atoms with E-state index in [0.29, 0.717) is 23.7 Å². The van der Waals surface area contributed by atoms with Crippen molar-refractivity contribution in [3.8, 4) is 0 Å². The Labute approximate surface area is 174 Å². The van der Waals surface area contributed by atoms with Crippen LogP contribution in [0.4, 0.5) is 5.69 Å². The molecule has 1 atom stereocenters. The summed E-state index contributed by atoms with van der Waals surface area (Å²) in [6.07, 6.45) is 0. The van der Waals surface area contributed by atoms with Crippen LogP contribution in [0.1, 0.15) is 27.0 Å². The van der Waals surface area contributed by atoms with Crippen LogP contribution < -0.4 is 5.32 Å². The fourth-order valence-corrected chi connectivity index (χ4v) is 4.87. The molecule has 0 bridgehead atoms. The van der Waals surface area contributed by atoms with Crippen molar-refractivity contribution < 1.29 is 14.4 Å². The van der Waals surface area contributed by atoms with Crippen LogP contribution in [0.5, 0.6) is 0 Å². The number of aryl methyl sites for hydroxylation is 2. The van der Waals surface area contributed by atoms with E-state index in [2.05, 4.69) is 5.32 Å². The van der Waals surface area contributed by atoms with E-state index in [1.165, 1.54) is 0 Å². The lowest BCUT2D eigenvalue weighted by atomic mass is 10.1. The first-order valence-electron chi connectivity index (χ1n) is 9.56. The van der Waals surface area contributed by atoms with Gasteiger partial charge in [0.1, 0.15) is 12.6 Å². The average Bonchev–Trinajstić information content (AvgIpc) is 3.19. The highest BCUT2D eigenvalue weighted by Crippen LogP contribution is 2.27. The molecule has 29 heavy (non-hydrogen) atoms. The van der Waals surface area contributed by atoms with Gasteiger partial charge in [-0.3, -0.25) is 14.4 Å². The summed E-state index contributed by atoms with van der Waals surface area (Å²) in [5.74, 6) is 1.10. The number of piperazine rings is 1. The molecule has 3 amide bonds. The third-order valence-corrected chi connectivity index (χ3v) is 6.36. The molecule has 150 valence electrons. The molecular weight excluding hydrogens is 386 g/mol. The number of amides is 3. The first-order valence-corrected chi connectivity index (χ1v) is 10.7. The number of fused-ring (bicyclic) bond motifs is 1. The minimum absolute atomic E-state index is 0.00376. The lowest BCUT2D eigenvalue weighted by Crippen LogP contribution is -2.57. The normalized spacial score (nSPS) is 18.8. The summed E-state index contributed by atoms with van der Waals surface area (Å²) in [6.45, 7) is 4.47. The lowest BCUT2D eigenvalue weighted by Gasteiger charge is -2.35. The van der Waals surface area contributed by atoms with Gasteiger partial charge in [0.15, 0.2) is 0 Å². The van der Waals surface area contributed by atoms with Crippen LogP contribution in [0, 0.1) is 13.8 Å². The number of nitrogens with one attached hydrogen (secondary N) is 1. The van der Waals surface area contributed by atoms with Crippen molar-refractivity contribution in [1.29, 1.82) is 0 Å². The summed E-state index contributed by atoms with van der Waals surface area (Å²) in [5, 5.41) is 2.94. The van der Waals surface area contributed by atoms with Crippen molar-refractivity contribution in [3.05, 3.63) is 64.7 Å². The highest BCUT2D eigenvalue weighted by molar-refractivity contribution is 7.99. The number of rotatable bonds is 4. The number of hydrogen-bond acceptors (Lipinski definition) is 4. The summed E-state index contributed by atoms with van der Waals surface area (Å²) < 4.78 is 0. The van der Waals surface area contributed by atoms with Crippen molar-refractivity contribution in [3.63, 3.8) is 0 Å². The molecule has 2 heterocycles. The van der Waals surface area contributed by atoms with E-state index in [1.807, 2.05) is 44.2 Å². The number of carbonyl (C=O) groups is 3. The number of thioether (sulfide) groups is 1. The molecule has 0 aliphatic carbocycles. The van der Waals surface area contributed by atoms with Crippen LogP contribution in [0.15, 0.2) is 42.5 Å². The molecule has 0 aromatic heterocycles. The van der Waals surface area contributed by atoms with Gasteiger partial charge in [-0.15, -0.1) is 11.8 Å². The van der Waals surface area contributed by atoms with Gasteiger partial charge in [-0.25, -0.2) is 0 Å². The smallest absolute Gasteiger partial charge is 0.255 e. The molecule has 0 spiro atoms. The zero-order valence-corrected chi connectivity index (χ0v) is 17.3. The number of carbonyl (C=O) groups excluding carboxylic acids is 3. The van der Waals surface area contributed by atoms with Crippen LogP contribution in [0.3, 0.4) is 0 Å². The Hall–Kier alpha value is -2.80. The van der Waals surface area contributed by atoms with Crippen LogP contribution in [0.25, 0.3) is 0 Å². The van der Waals surface area contributed by atoms with Crippen LogP contribution in [-0.4, -0.2) is 51.7 Å². The minimum atomic E-state index is -0.330. The summed E-state index contributed by atoms with van der Waals surface area (Å²) in [5.41, 5.74) is 4.40. The van der Waals surface area contributed by atoms with E-state index in [-0.39, 0.29) is 30.3 Å². The van der Waals surface area contributed by atoms with E-state index in [4.69, 9.17) is 0 Å². The van der Waals surface area contributed by atoms with Crippen LogP contribution in [-0.2, 0) is 16.1 Å². The predicted molar refractivity (Wildman–Crippen MR) is 114 cm³/mol. The molecule has 2 fully saturated rings. The summed E-state index contributed by atoms with van der Waals surface area (Å²) in [7, 11) is 0. The minimum Gasteiger partial charge on any atom is -0.327 e. The fourth-order valence-electron chi connectivity index (χ4n) is 3.70. The molecule has 1 N–H and O–H groups in total. The molecule has 2 aliphatic heterocycles. The lowest BCUT2D eigenvalue weighted by molar-refractivity contribution is -0.153. The molecule has 0 saturated carbocycles. The molecule has 1 unspecified atom stereocenters. The monoisotopic (exact) mass is 409 g/mol. The zero-order valence-electron chi connectivity index (χ0n) is 16.5. The van der Waals surface area contributed by atoms with Crippen molar-refractivity contribution in [1.82, 2.24) is 9.80 Å². The first-order chi connectivity index (χ1) is 13.9. The third kappa shape index (κ3) is 4.00. The van der Waals surface area contributed by atoms with E-state index in [0.717, 1.165) is 22.4 Å². The van der Waals surface area contributed by atoms with Crippen molar-refractivity contribution in [2.24, 2.45) is 0 Å². The maximum atomic E-state index is 12.6. The Morgan fingerprint density at radius 3 is 2.62 bits per heavy atom. The van der Waals surface area contributed by atoms with Crippen molar-refractivity contribution in [2.45, 2.75) is 26.4 Å². The Morgan fingerprint density at radius 2 is 1.90 bits per heavy atom. The van der Waals surface area contributed by atoms with Gasteiger partial charge >= 0.3 is 0 Å². The molecule has 0 radical (unpaired) electrons. The Balaban J connectivity index is 1.42. The van der Waals surface area contributed by atoms with Gasteiger partial charge in [-0.1, -0.05) is 29.8 Å². The zero-order chi connectivity index (χ0) is 20.5. The largest absolute Gasteiger partial charge is 0.327 e. The molecule has 2 aromatic carbocycles. The Bertz CT molecular complexity index is 974. The van der Waals surface area contributed by atoms with Gasteiger partial charge in [0.05, 0.1) is 5.88 Å². The Kier molecular flexibility index (Phi) is 5.32. The molecule has 2 saturated heterocycles. The fraction of sp³-hybridized carbons (Fsp3) is 0.318. The van der Waals surface area contributed by atoms with Gasteiger partial charge in [-0.05, 0) is 43.2 Å². The SMILES string of the molecule is Cc1ccc(NC(=O)c2ccc(CN3CC(=O)N4CSCC4C3=O)cc2)c(C)c1. The van der Waals surface area contributed by atoms with E-state index < -0.39 is 0 Å². The first kappa shape index (κ1) is 19.5. The van der Waals surface area contributed by atoms with E-state index >= 15 is 0 Å². The second-order valence-electron chi connectivity index (χ2n) is 7.54. The highest BCUT2D eigenvalue weighted by Gasteiger charge is 2.42. The third-order valence-electron chi connectivity index (χ3n) is 5.35.